The number of ether oxygens (including phenoxy) is 2. The molecule has 0 saturated carbocycles. The molecule has 1 amide bonds. The maximum Gasteiger partial charge on any atom is 0.273 e. The SMILES string of the molecule is COCc1nc(CCOC2CCCN(C(=O)c3cscn3)C2)no1. The lowest BCUT2D eigenvalue weighted by Crippen LogP contribution is -2.43. The third-order valence-electron chi connectivity index (χ3n) is 3.77. The average molecular weight is 352 g/mol. The van der Waals surface area contributed by atoms with Crippen LogP contribution < -0.4 is 0 Å². The van der Waals surface area contributed by atoms with Gasteiger partial charge in [-0.05, 0) is 12.8 Å². The van der Waals surface area contributed by atoms with E-state index in [1.165, 1.54) is 11.3 Å². The summed E-state index contributed by atoms with van der Waals surface area (Å²) in [6, 6.07) is 0. The van der Waals surface area contributed by atoms with Crippen LogP contribution in [0, 0.1) is 0 Å². The summed E-state index contributed by atoms with van der Waals surface area (Å²) in [6.07, 6.45) is 2.48. The van der Waals surface area contributed by atoms with Gasteiger partial charge in [0.1, 0.15) is 12.3 Å². The third kappa shape index (κ3) is 4.37. The number of methoxy groups -OCH3 is 1. The van der Waals surface area contributed by atoms with Crippen LogP contribution in [0.2, 0.25) is 0 Å². The first-order chi connectivity index (χ1) is 11.8. The average Bonchev–Trinajstić information content (AvgIpc) is 3.27. The van der Waals surface area contributed by atoms with Crippen LogP contribution in [0.5, 0.6) is 0 Å². The van der Waals surface area contributed by atoms with E-state index in [0.717, 1.165) is 19.4 Å². The third-order valence-corrected chi connectivity index (χ3v) is 4.36. The second kappa shape index (κ2) is 8.32. The summed E-state index contributed by atoms with van der Waals surface area (Å²) in [5.74, 6) is 1.05. The maximum atomic E-state index is 12.3. The molecule has 9 heteroatoms. The van der Waals surface area contributed by atoms with Crippen LogP contribution in [0.25, 0.3) is 0 Å². The van der Waals surface area contributed by atoms with Crippen molar-refractivity contribution in [1.29, 1.82) is 0 Å². The molecule has 1 aliphatic rings. The van der Waals surface area contributed by atoms with E-state index in [0.29, 0.717) is 43.6 Å². The van der Waals surface area contributed by atoms with Gasteiger partial charge in [0.25, 0.3) is 11.8 Å². The minimum atomic E-state index is -0.0214. The van der Waals surface area contributed by atoms with Gasteiger partial charge in [0.2, 0.25) is 0 Å². The lowest BCUT2D eigenvalue weighted by atomic mass is 10.1. The van der Waals surface area contributed by atoms with E-state index < -0.39 is 0 Å². The predicted octanol–water partition coefficient (Wildman–Crippen LogP) is 1.54. The molecule has 1 atom stereocenters. The zero-order valence-electron chi connectivity index (χ0n) is 13.5. The van der Waals surface area contributed by atoms with E-state index in [2.05, 4.69) is 15.1 Å². The van der Waals surface area contributed by atoms with Crippen molar-refractivity contribution in [1.82, 2.24) is 20.0 Å². The molecule has 130 valence electrons. The van der Waals surface area contributed by atoms with Crippen LogP contribution in [-0.2, 0) is 22.5 Å². The summed E-state index contributed by atoms with van der Waals surface area (Å²) in [6.45, 7) is 2.15. The summed E-state index contributed by atoms with van der Waals surface area (Å²) in [5, 5.41) is 5.66. The number of thiazole rings is 1. The van der Waals surface area contributed by atoms with E-state index in [1.807, 2.05) is 4.90 Å². The lowest BCUT2D eigenvalue weighted by Gasteiger charge is -2.32. The maximum absolute atomic E-state index is 12.3. The number of nitrogens with zero attached hydrogens (tertiary/aromatic N) is 4. The smallest absolute Gasteiger partial charge is 0.273 e. The molecule has 2 aromatic heterocycles. The van der Waals surface area contributed by atoms with Gasteiger partial charge in [-0.15, -0.1) is 11.3 Å². The van der Waals surface area contributed by atoms with Gasteiger partial charge in [0.05, 0.1) is 18.2 Å². The lowest BCUT2D eigenvalue weighted by molar-refractivity contribution is 0.00235. The van der Waals surface area contributed by atoms with E-state index in [9.17, 15) is 4.79 Å². The molecule has 1 unspecified atom stereocenters. The van der Waals surface area contributed by atoms with E-state index in [-0.39, 0.29) is 12.0 Å². The summed E-state index contributed by atoms with van der Waals surface area (Å²) >= 11 is 1.43. The molecule has 1 aliphatic heterocycles. The van der Waals surface area contributed by atoms with Gasteiger partial charge in [0.15, 0.2) is 5.82 Å². The van der Waals surface area contributed by atoms with Gasteiger partial charge in [-0.25, -0.2) is 4.98 Å². The van der Waals surface area contributed by atoms with Crippen LogP contribution in [0.3, 0.4) is 0 Å². The zero-order chi connectivity index (χ0) is 16.8. The molecular weight excluding hydrogens is 332 g/mol. The normalized spacial score (nSPS) is 18.0. The van der Waals surface area contributed by atoms with Crippen molar-refractivity contribution >= 4 is 17.2 Å². The molecule has 0 aliphatic carbocycles. The highest BCUT2D eigenvalue weighted by Gasteiger charge is 2.25. The van der Waals surface area contributed by atoms with Crippen molar-refractivity contribution < 1.29 is 18.8 Å². The van der Waals surface area contributed by atoms with Crippen molar-refractivity contribution in [2.45, 2.75) is 32.0 Å². The molecular formula is C15H20N4O4S. The monoisotopic (exact) mass is 352 g/mol. The van der Waals surface area contributed by atoms with E-state index >= 15 is 0 Å². The second-order valence-corrected chi connectivity index (χ2v) is 6.27. The minimum Gasteiger partial charge on any atom is -0.376 e. The zero-order valence-corrected chi connectivity index (χ0v) is 14.3. The molecule has 1 saturated heterocycles. The largest absolute Gasteiger partial charge is 0.376 e. The van der Waals surface area contributed by atoms with Crippen LogP contribution >= 0.6 is 11.3 Å². The highest BCUT2D eigenvalue weighted by atomic mass is 32.1. The van der Waals surface area contributed by atoms with Gasteiger partial charge >= 0.3 is 0 Å². The Bertz CT molecular complexity index is 646. The highest BCUT2D eigenvalue weighted by Crippen LogP contribution is 2.16. The number of amides is 1. The first-order valence-corrected chi connectivity index (χ1v) is 8.80. The molecule has 1 fully saturated rings. The van der Waals surface area contributed by atoms with Crippen LogP contribution in [-0.4, -0.2) is 58.8 Å². The molecule has 0 spiro atoms. The Morgan fingerprint density at radius 1 is 1.54 bits per heavy atom. The standard InChI is InChI=1S/C15H20N4O4S/c1-21-8-14-17-13(18-23-14)4-6-22-11-3-2-5-19(7-11)15(20)12-9-24-10-16-12/h9-11H,2-8H2,1H3. The fourth-order valence-corrected chi connectivity index (χ4v) is 3.16. The Hall–Kier alpha value is -1.84. The van der Waals surface area contributed by atoms with Gasteiger partial charge in [-0.1, -0.05) is 5.16 Å². The molecule has 8 nitrogen and oxygen atoms in total. The summed E-state index contributed by atoms with van der Waals surface area (Å²) < 4.78 is 15.9. The number of aromatic nitrogens is 3. The molecule has 0 radical (unpaired) electrons. The van der Waals surface area contributed by atoms with Crippen molar-refractivity contribution in [3.05, 3.63) is 28.3 Å². The fraction of sp³-hybridized carbons (Fsp3) is 0.600. The van der Waals surface area contributed by atoms with Crippen LogP contribution in [0.15, 0.2) is 15.4 Å². The molecule has 3 rings (SSSR count). The van der Waals surface area contributed by atoms with E-state index in [4.69, 9.17) is 14.0 Å². The van der Waals surface area contributed by atoms with Crippen molar-refractivity contribution in [2.24, 2.45) is 0 Å². The van der Waals surface area contributed by atoms with Gasteiger partial charge in [-0.3, -0.25) is 4.79 Å². The van der Waals surface area contributed by atoms with Crippen LogP contribution in [0.4, 0.5) is 0 Å². The minimum absolute atomic E-state index is 0.0214. The number of hydrogen-bond donors (Lipinski definition) is 0. The Morgan fingerprint density at radius 2 is 2.46 bits per heavy atom. The number of carbonyl (C=O) groups is 1. The second-order valence-electron chi connectivity index (χ2n) is 5.55. The first-order valence-electron chi connectivity index (χ1n) is 7.85. The molecule has 3 heterocycles. The van der Waals surface area contributed by atoms with Crippen molar-refractivity contribution in [3.63, 3.8) is 0 Å². The number of rotatable bonds is 7. The van der Waals surface area contributed by atoms with Crippen molar-refractivity contribution in [2.75, 3.05) is 26.8 Å². The Balaban J connectivity index is 1.44. The highest BCUT2D eigenvalue weighted by molar-refractivity contribution is 7.07. The Kier molecular flexibility index (Phi) is 5.89. The quantitative estimate of drug-likeness (QED) is 0.746. The summed E-state index contributed by atoms with van der Waals surface area (Å²) in [4.78, 5) is 22.4. The van der Waals surface area contributed by atoms with E-state index in [1.54, 1.807) is 18.0 Å². The molecule has 2 aromatic rings. The Morgan fingerprint density at radius 3 is 3.25 bits per heavy atom. The fourth-order valence-electron chi connectivity index (χ4n) is 2.63. The Labute approximate surface area is 143 Å². The number of hydrogen-bond acceptors (Lipinski definition) is 8. The number of likely N-dealkylation sites (tertiary alicyclic amines) is 1. The number of carbonyl (C=O) groups excluding carboxylic acids is 1. The predicted molar refractivity (Wildman–Crippen MR) is 85.7 cm³/mol. The van der Waals surface area contributed by atoms with Gasteiger partial charge < -0.3 is 18.9 Å². The number of piperidine rings is 1. The summed E-state index contributed by atoms with van der Waals surface area (Å²) in [5.41, 5.74) is 2.19. The van der Waals surface area contributed by atoms with Gasteiger partial charge in [-0.2, -0.15) is 4.98 Å². The molecule has 0 aromatic carbocycles. The topological polar surface area (TPSA) is 90.6 Å². The van der Waals surface area contributed by atoms with Crippen LogP contribution in [0.1, 0.15) is 35.0 Å². The van der Waals surface area contributed by atoms with Gasteiger partial charge in [0, 0.05) is 32.0 Å². The van der Waals surface area contributed by atoms with Crippen molar-refractivity contribution in [3.8, 4) is 0 Å². The first kappa shape index (κ1) is 17.0. The molecule has 0 bridgehead atoms. The summed E-state index contributed by atoms with van der Waals surface area (Å²) in [7, 11) is 1.58. The molecule has 24 heavy (non-hydrogen) atoms. The molecule has 0 N–H and O–H groups in total.